The first kappa shape index (κ1) is 79.7. The number of phosphoric ester groups is 1. The van der Waals surface area contributed by atoms with Gasteiger partial charge in [0.2, 0.25) is 5.91 Å². The van der Waals surface area contributed by atoms with E-state index in [1.165, 1.54) is 218 Å². The smallest absolute Gasteiger partial charge is 0.306 e. The third-order valence-electron chi connectivity index (χ3n) is 15.7. The van der Waals surface area contributed by atoms with Gasteiger partial charge in [0.1, 0.15) is 19.3 Å². The second kappa shape index (κ2) is 61.8. The summed E-state index contributed by atoms with van der Waals surface area (Å²) in [5.74, 6) is -0.538. The predicted molar refractivity (Wildman–Crippen MR) is 353 cm³/mol. The van der Waals surface area contributed by atoms with Gasteiger partial charge in [0.05, 0.1) is 33.8 Å². The zero-order chi connectivity index (χ0) is 60.0. The van der Waals surface area contributed by atoms with Gasteiger partial charge in [0, 0.05) is 12.8 Å². The van der Waals surface area contributed by atoms with E-state index in [9.17, 15) is 19.0 Å². The van der Waals surface area contributed by atoms with Crippen molar-refractivity contribution in [3.8, 4) is 0 Å². The number of esters is 1. The summed E-state index contributed by atoms with van der Waals surface area (Å²) >= 11 is 0. The van der Waals surface area contributed by atoms with Crippen LogP contribution < -0.4 is 10.2 Å². The van der Waals surface area contributed by atoms with Gasteiger partial charge in [-0.3, -0.25) is 14.2 Å². The Hall–Kier alpha value is -2.29. The Kier molecular flexibility index (Phi) is 60.1. The first-order chi connectivity index (χ1) is 39.9. The topological polar surface area (TPSA) is 114 Å². The molecule has 3 unspecified atom stereocenters. The molecule has 0 aromatic carbocycles. The maximum absolute atomic E-state index is 13.6. The van der Waals surface area contributed by atoms with E-state index >= 15 is 0 Å². The highest BCUT2D eigenvalue weighted by Gasteiger charge is 2.27. The number of allylic oxidation sites excluding steroid dienone is 9. The lowest BCUT2D eigenvalue weighted by molar-refractivity contribution is -0.870. The van der Waals surface area contributed by atoms with Crippen molar-refractivity contribution in [2.45, 2.75) is 348 Å². The number of carbonyl (C=O) groups is 2. The molecule has 0 spiro atoms. The Morgan fingerprint density at radius 2 is 0.744 bits per heavy atom. The van der Waals surface area contributed by atoms with Crippen LogP contribution in [0.1, 0.15) is 335 Å². The summed E-state index contributed by atoms with van der Waals surface area (Å²) in [6, 6.07) is -0.893. The van der Waals surface area contributed by atoms with E-state index in [0.717, 1.165) is 83.5 Å². The van der Waals surface area contributed by atoms with Crippen molar-refractivity contribution in [2.75, 3.05) is 40.9 Å². The zero-order valence-corrected chi connectivity index (χ0v) is 55.8. The number of unbranched alkanes of at least 4 members (excludes halogenated alkanes) is 40. The second-order valence-electron chi connectivity index (χ2n) is 25.0. The minimum absolute atomic E-state index is 0.0240. The van der Waals surface area contributed by atoms with E-state index in [4.69, 9.17) is 13.8 Å². The van der Waals surface area contributed by atoms with Gasteiger partial charge in [0.15, 0.2) is 0 Å². The van der Waals surface area contributed by atoms with E-state index in [1.807, 2.05) is 33.3 Å². The predicted octanol–water partition coefficient (Wildman–Crippen LogP) is 21.5. The molecule has 0 aromatic rings. The summed E-state index contributed by atoms with van der Waals surface area (Å²) in [5.41, 5.74) is 0. The average molecular weight is 1170 g/mol. The van der Waals surface area contributed by atoms with Crippen LogP contribution in [-0.4, -0.2) is 69.4 Å². The van der Waals surface area contributed by atoms with Gasteiger partial charge in [0.25, 0.3) is 7.82 Å². The molecule has 0 aliphatic heterocycles. The van der Waals surface area contributed by atoms with Crippen LogP contribution in [0.2, 0.25) is 0 Å². The Bertz CT molecular complexity index is 1590. The fraction of sp³-hybridized carbons (Fsp3) is 0.833. The molecule has 0 aromatic heterocycles. The van der Waals surface area contributed by atoms with Crippen molar-refractivity contribution in [3.63, 3.8) is 0 Å². The first-order valence-corrected chi connectivity index (χ1v) is 36.6. The first-order valence-electron chi connectivity index (χ1n) is 35.1. The Morgan fingerprint density at radius 1 is 0.427 bits per heavy atom. The molecule has 0 aliphatic rings. The van der Waals surface area contributed by atoms with Crippen LogP contribution >= 0.6 is 7.82 Å². The van der Waals surface area contributed by atoms with Gasteiger partial charge < -0.3 is 28.5 Å². The monoisotopic (exact) mass is 1170 g/mol. The van der Waals surface area contributed by atoms with Crippen LogP contribution in [0, 0.1) is 0 Å². The maximum Gasteiger partial charge on any atom is 0.306 e. The molecule has 0 fully saturated rings. The number of amides is 1. The molecular formula is C72H135N2O7P. The normalized spacial score (nSPS) is 13.9. The molecule has 0 saturated heterocycles. The van der Waals surface area contributed by atoms with Crippen molar-refractivity contribution < 1.29 is 37.3 Å². The van der Waals surface area contributed by atoms with Crippen LogP contribution in [0.4, 0.5) is 0 Å². The number of nitrogens with zero attached hydrogens (tertiary/aromatic N) is 1. The van der Waals surface area contributed by atoms with Gasteiger partial charge in [-0.05, 0) is 96.0 Å². The molecule has 9 nitrogen and oxygen atoms in total. The van der Waals surface area contributed by atoms with Gasteiger partial charge in [-0.25, -0.2) is 0 Å². The molecule has 0 saturated carbocycles. The molecule has 3 atom stereocenters. The van der Waals surface area contributed by atoms with E-state index in [-0.39, 0.29) is 24.9 Å². The molecule has 0 bridgehead atoms. The molecule has 0 radical (unpaired) electrons. The number of rotatable bonds is 64. The Balaban J connectivity index is 5.10. The number of carbonyl (C=O) groups excluding carboxylic acids is 2. The lowest BCUT2D eigenvalue weighted by atomic mass is 10.0. The molecular weight excluding hydrogens is 1040 g/mol. The van der Waals surface area contributed by atoms with Crippen molar-refractivity contribution >= 4 is 19.7 Å². The number of likely N-dealkylation sites (N-methyl/N-ethyl adjacent to an activating group) is 1. The highest BCUT2D eigenvalue weighted by molar-refractivity contribution is 7.45. The van der Waals surface area contributed by atoms with Crippen LogP contribution in [0.15, 0.2) is 60.8 Å². The van der Waals surface area contributed by atoms with Crippen LogP contribution in [-0.2, 0) is 27.9 Å². The van der Waals surface area contributed by atoms with Crippen molar-refractivity contribution in [1.82, 2.24) is 5.32 Å². The SMILES string of the molecule is CCCCC/C=C\C/C=C\C/C=C\CCCCCCCCCCC(=O)NC(COP(=O)([O-])OCC[N+](C)(C)C)C(/C=C/CCCCCCCCCCCC)OC(=O)CCCCCCCCCCCCCCC/C=C/CCCCCCCC. The van der Waals surface area contributed by atoms with Crippen molar-refractivity contribution in [1.29, 1.82) is 0 Å². The minimum atomic E-state index is -4.71. The lowest BCUT2D eigenvalue weighted by Crippen LogP contribution is -2.47. The second-order valence-corrected chi connectivity index (χ2v) is 26.4. The third-order valence-corrected chi connectivity index (χ3v) is 16.6. The number of hydrogen-bond donors (Lipinski definition) is 1. The largest absolute Gasteiger partial charge is 0.756 e. The minimum Gasteiger partial charge on any atom is -0.756 e. The number of phosphoric acid groups is 1. The van der Waals surface area contributed by atoms with Crippen LogP contribution in [0.3, 0.4) is 0 Å². The van der Waals surface area contributed by atoms with Gasteiger partial charge >= 0.3 is 5.97 Å². The number of ether oxygens (including phenoxy) is 1. The molecule has 0 heterocycles. The highest BCUT2D eigenvalue weighted by Crippen LogP contribution is 2.38. The fourth-order valence-electron chi connectivity index (χ4n) is 10.2. The summed E-state index contributed by atoms with van der Waals surface area (Å²) in [5, 5.41) is 3.04. The van der Waals surface area contributed by atoms with E-state index in [1.54, 1.807) is 0 Å². The van der Waals surface area contributed by atoms with E-state index in [2.05, 4.69) is 74.7 Å². The average Bonchev–Trinajstić information content (AvgIpc) is 3.44. The number of nitrogens with one attached hydrogen (secondary N) is 1. The summed E-state index contributed by atoms with van der Waals surface area (Å²) in [6.07, 6.45) is 79.1. The molecule has 0 rings (SSSR count). The fourth-order valence-corrected chi connectivity index (χ4v) is 11.0. The zero-order valence-electron chi connectivity index (χ0n) is 54.9. The highest BCUT2D eigenvalue weighted by atomic mass is 31.2. The standard InChI is InChI=1S/C72H135N2O7P/c1-7-10-13-16-19-22-25-28-30-32-34-36-37-39-41-43-45-47-50-53-56-59-62-65-72(76)81-70(63-60-57-54-51-48-27-24-21-18-15-12-9-3)69(68-80-82(77,78)79-67-66-74(4,5)6)73-71(75)64-61-58-55-52-49-46-44-42-40-38-35-33-31-29-26-23-20-17-14-11-8-2/h20,23,28-31,35,38,60,63,69-70H,7-19,21-22,24-27,32-34,36-37,39-59,61-62,64-68H2,1-6H3,(H-,73,75,77,78)/b23-20-,30-28+,31-29-,38-35-,63-60+. The van der Waals surface area contributed by atoms with E-state index < -0.39 is 26.6 Å². The summed E-state index contributed by atoms with van der Waals surface area (Å²) in [6.45, 7) is 6.84. The molecule has 1 N–H and O–H groups in total. The molecule has 82 heavy (non-hydrogen) atoms. The molecule has 480 valence electrons. The van der Waals surface area contributed by atoms with Crippen molar-refractivity contribution in [2.24, 2.45) is 0 Å². The Morgan fingerprint density at radius 3 is 1.15 bits per heavy atom. The van der Waals surface area contributed by atoms with E-state index in [0.29, 0.717) is 17.4 Å². The quantitative estimate of drug-likeness (QED) is 0.0212. The van der Waals surface area contributed by atoms with Crippen LogP contribution in [0.25, 0.3) is 0 Å². The summed E-state index contributed by atoms with van der Waals surface area (Å²) < 4.78 is 30.4. The van der Waals surface area contributed by atoms with Gasteiger partial charge in [-0.15, -0.1) is 0 Å². The maximum atomic E-state index is 13.6. The Labute approximate surface area is 509 Å². The number of hydrogen-bond acceptors (Lipinski definition) is 7. The third kappa shape index (κ3) is 62.2. The van der Waals surface area contributed by atoms with Crippen LogP contribution in [0.5, 0.6) is 0 Å². The van der Waals surface area contributed by atoms with Gasteiger partial charge in [-0.1, -0.05) is 287 Å². The molecule has 10 heteroatoms. The lowest BCUT2D eigenvalue weighted by Gasteiger charge is -2.30. The molecule has 1 amide bonds. The summed E-state index contributed by atoms with van der Waals surface area (Å²) in [7, 11) is 1.19. The van der Waals surface area contributed by atoms with Gasteiger partial charge in [-0.2, -0.15) is 0 Å². The molecule has 0 aliphatic carbocycles. The summed E-state index contributed by atoms with van der Waals surface area (Å²) in [4.78, 5) is 40.2. The number of quaternary nitrogens is 1. The van der Waals surface area contributed by atoms with Crippen molar-refractivity contribution in [3.05, 3.63) is 60.8 Å².